The topological polar surface area (TPSA) is 60.4 Å². The van der Waals surface area contributed by atoms with E-state index >= 15 is 0 Å². The minimum absolute atomic E-state index is 0.00840. The summed E-state index contributed by atoms with van der Waals surface area (Å²) in [5, 5.41) is 0.777. The predicted octanol–water partition coefficient (Wildman–Crippen LogP) is 10.4. The van der Waals surface area contributed by atoms with Crippen LogP contribution in [0.2, 0.25) is 10.0 Å². The second-order valence-corrected chi connectivity index (χ2v) is 17.2. The Bertz CT molecular complexity index is 2160. The number of rotatable bonds is 3. The van der Waals surface area contributed by atoms with E-state index in [1.165, 1.54) is 29.6 Å². The van der Waals surface area contributed by atoms with Crippen LogP contribution in [0.15, 0.2) is 82.6 Å². The molecule has 4 nitrogen and oxygen atoms in total. The van der Waals surface area contributed by atoms with Crippen LogP contribution in [-0.4, -0.2) is 34.1 Å². The molecule has 0 aliphatic carbocycles. The number of thioether (sulfide) groups is 1. The fourth-order valence-electron chi connectivity index (χ4n) is 5.88. The quantitative estimate of drug-likeness (QED) is 0.118. The van der Waals surface area contributed by atoms with E-state index in [-0.39, 0.29) is 16.6 Å². The summed E-state index contributed by atoms with van der Waals surface area (Å²) in [5.74, 6) is 14.0. The summed E-state index contributed by atoms with van der Waals surface area (Å²) in [7, 11) is -0.932. The number of Topliss-reactive ketones (excluding diaryl/α,β-unsaturated/α-hetero) is 1. The molecule has 0 aromatic heterocycles. The monoisotopic (exact) mass is 754 g/mol. The van der Waals surface area contributed by atoms with Crippen molar-refractivity contribution in [3.63, 3.8) is 0 Å². The van der Waals surface area contributed by atoms with Crippen molar-refractivity contribution in [2.24, 2.45) is 0 Å². The van der Waals surface area contributed by atoms with Crippen molar-refractivity contribution in [2.45, 2.75) is 75.0 Å². The predicted molar refractivity (Wildman–Crippen MR) is 211 cm³/mol. The molecule has 0 N–H and O–H groups in total. The Hall–Kier alpha value is -3.78. The zero-order chi connectivity index (χ0) is 36.9. The first-order valence-corrected chi connectivity index (χ1v) is 19.9. The molecule has 2 aliphatic rings. The maximum Gasteiger partial charge on any atom is 0.339 e. The standard InChI is InChI=1S/C22H21ClO3S.C21H19ClOS/c1-4-26-21(24)17-9-7-16(14-19(17)23)6-5-15-8-10-20-18(13-15)22(2,3)11-12-27(20)25;1-14(23)17-8-6-16(13-19(17)22)5-4-15-7-9-20-18(12-15)21(2,3)10-11-24-20/h7-10,13-14H,4,11-12H2,1-3H3;6-9,12-13H,10-11H2,1-3H3. The summed E-state index contributed by atoms with van der Waals surface area (Å²) in [6.07, 6.45) is 2.08. The third kappa shape index (κ3) is 9.37. The van der Waals surface area contributed by atoms with Gasteiger partial charge in [0.05, 0.1) is 33.0 Å². The number of hydrogen-bond donors (Lipinski definition) is 0. The van der Waals surface area contributed by atoms with Gasteiger partial charge < -0.3 is 4.74 Å². The lowest BCUT2D eigenvalue weighted by atomic mass is 9.81. The van der Waals surface area contributed by atoms with Crippen LogP contribution in [0.1, 0.15) is 108 Å². The fourth-order valence-corrected chi connectivity index (χ4v) is 9.65. The number of benzene rings is 4. The van der Waals surface area contributed by atoms with E-state index in [1.807, 2.05) is 36.0 Å². The Labute approximate surface area is 318 Å². The Kier molecular flexibility index (Phi) is 12.3. The van der Waals surface area contributed by atoms with Gasteiger partial charge in [0.25, 0.3) is 0 Å². The summed E-state index contributed by atoms with van der Waals surface area (Å²) in [4.78, 5) is 25.5. The summed E-state index contributed by atoms with van der Waals surface area (Å²) in [5.41, 5.74) is 6.96. The zero-order valence-electron chi connectivity index (χ0n) is 29.7. The normalized spacial score (nSPS) is 16.4. The fraction of sp³-hybridized carbons (Fsp3) is 0.302. The molecule has 0 bridgehead atoms. The molecule has 0 amide bonds. The van der Waals surface area contributed by atoms with Crippen LogP contribution in [0.3, 0.4) is 0 Å². The molecular formula is C43H40Cl2O4S2. The molecule has 2 aliphatic heterocycles. The van der Waals surface area contributed by atoms with Gasteiger partial charge in [-0.05, 0) is 127 Å². The first kappa shape index (κ1) is 38.5. The molecule has 0 fully saturated rings. The maximum absolute atomic E-state index is 12.3. The summed E-state index contributed by atoms with van der Waals surface area (Å²) >= 11 is 14.3. The Morgan fingerprint density at radius 3 is 1.82 bits per heavy atom. The minimum atomic E-state index is -0.932. The molecule has 51 heavy (non-hydrogen) atoms. The molecule has 0 spiro atoms. The average molecular weight is 756 g/mol. The molecule has 4 aromatic carbocycles. The first-order valence-electron chi connectivity index (χ1n) is 16.8. The van der Waals surface area contributed by atoms with Gasteiger partial charge in [-0.15, -0.1) is 11.8 Å². The lowest BCUT2D eigenvalue weighted by Crippen LogP contribution is -2.27. The molecule has 4 aromatic rings. The van der Waals surface area contributed by atoms with Crippen molar-refractivity contribution in [2.75, 3.05) is 18.1 Å². The highest BCUT2D eigenvalue weighted by Crippen LogP contribution is 2.42. The number of ether oxygens (including phenoxy) is 1. The SMILES string of the molecule is CC(=O)c1ccc(C#Cc2ccc3c(c2)C(C)(C)CCS3)cc1Cl.CCOC(=O)c1ccc(C#Cc2ccc3c(c2)C(C)(C)CCS3=O)cc1Cl. The van der Waals surface area contributed by atoms with Gasteiger partial charge in [-0.1, -0.05) is 74.6 Å². The molecule has 1 atom stereocenters. The number of halogens is 2. The van der Waals surface area contributed by atoms with Gasteiger partial charge in [-0.2, -0.15) is 0 Å². The lowest BCUT2D eigenvalue weighted by Gasteiger charge is -2.32. The molecule has 2 heterocycles. The van der Waals surface area contributed by atoms with Crippen LogP contribution in [-0.2, 0) is 26.4 Å². The number of ketones is 1. The smallest absolute Gasteiger partial charge is 0.339 e. The highest BCUT2D eigenvalue weighted by Gasteiger charge is 2.31. The highest BCUT2D eigenvalue weighted by atomic mass is 35.5. The van der Waals surface area contributed by atoms with E-state index in [2.05, 4.69) is 69.6 Å². The second-order valence-electron chi connectivity index (χ2n) is 13.8. The van der Waals surface area contributed by atoms with Crippen molar-refractivity contribution in [3.05, 3.63) is 127 Å². The van der Waals surface area contributed by atoms with Crippen LogP contribution < -0.4 is 0 Å². The van der Waals surface area contributed by atoms with E-state index < -0.39 is 16.8 Å². The van der Waals surface area contributed by atoms with Crippen molar-refractivity contribution in [1.29, 1.82) is 0 Å². The molecule has 6 rings (SSSR count). The molecule has 0 radical (unpaired) electrons. The van der Waals surface area contributed by atoms with E-state index in [4.69, 9.17) is 27.9 Å². The van der Waals surface area contributed by atoms with Crippen molar-refractivity contribution in [1.82, 2.24) is 0 Å². The van der Waals surface area contributed by atoms with Gasteiger partial charge in [-0.25, -0.2) is 4.79 Å². The summed E-state index contributed by atoms with van der Waals surface area (Å²) < 4.78 is 17.2. The Balaban J connectivity index is 0.000000199. The molecule has 8 heteroatoms. The second kappa shape index (κ2) is 16.3. The average Bonchev–Trinajstić information content (AvgIpc) is 3.08. The minimum Gasteiger partial charge on any atom is -0.462 e. The number of hydrogen-bond acceptors (Lipinski definition) is 5. The van der Waals surface area contributed by atoms with Crippen molar-refractivity contribution >= 4 is 57.5 Å². The Morgan fingerprint density at radius 1 is 0.745 bits per heavy atom. The number of carbonyl (C=O) groups excluding carboxylic acids is 2. The van der Waals surface area contributed by atoms with E-state index in [0.717, 1.165) is 33.6 Å². The van der Waals surface area contributed by atoms with E-state index in [1.54, 1.807) is 37.3 Å². The number of fused-ring (bicyclic) bond motifs is 2. The Morgan fingerprint density at radius 2 is 1.25 bits per heavy atom. The van der Waals surface area contributed by atoms with Crippen LogP contribution >= 0.6 is 35.0 Å². The summed E-state index contributed by atoms with van der Waals surface area (Å²) in [6.45, 7) is 12.5. The van der Waals surface area contributed by atoms with Crippen LogP contribution in [0.25, 0.3) is 0 Å². The van der Waals surface area contributed by atoms with Crippen LogP contribution in [0.5, 0.6) is 0 Å². The van der Waals surface area contributed by atoms with Gasteiger partial charge >= 0.3 is 5.97 Å². The van der Waals surface area contributed by atoms with Gasteiger partial charge in [0.15, 0.2) is 5.78 Å². The third-order valence-electron chi connectivity index (χ3n) is 9.07. The molecular weight excluding hydrogens is 716 g/mol. The maximum atomic E-state index is 12.3. The third-order valence-corrected chi connectivity index (χ3v) is 12.2. The molecule has 1 unspecified atom stereocenters. The molecule has 0 saturated heterocycles. The van der Waals surface area contributed by atoms with Crippen LogP contribution in [0, 0.1) is 23.7 Å². The van der Waals surface area contributed by atoms with Crippen molar-refractivity contribution < 1.29 is 18.5 Å². The van der Waals surface area contributed by atoms with E-state index in [0.29, 0.717) is 39.1 Å². The van der Waals surface area contributed by atoms with Crippen LogP contribution in [0.4, 0.5) is 0 Å². The van der Waals surface area contributed by atoms with Gasteiger partial charge in [0.2, 0.25) is 0 Å². The molecule has 262 valence electrons. The number of carbonyl (C=O) groups is 2. The largest absolute Gasteiger partial charge is 0.462 e. The number of esters is 1. The molecule has 0 saturated carbocycles. The lowest BCUT2D eigenvalue weighted by molar-refractivity contribution is 0.0526. The first-order chi connectivity index (χ1) is 24.2. The highest BCUT2D eigenvalue weighted by molar-refractivity contribution is 7.99. The van der Waals surface area contributed by atoms with Crippen molar-refractivity contribution in [3.8, 4) is 23.7 Å². The van der Waals surface area contributed by atoms with Gasteiger partial charge in [-0.3, -0.25) is 9.00 Å². The zero-order valence-corrected chi connectivity index (χ0v) is 32.8. The summed E-state index contributed by atoms with van der Waals surface area (Å²) in [6, 6.07) is 22.7. The van der Waals surface area contributed by atoms with E-state index in [9.17, 15) is 13.8 Å². The van der Waals surface area contributed by atoms with Gasteiger partial charge in [0, 0.05) is 43.4 Å². The van der Waals surface area contributed by atoms with Gasteiger partial charge in [0.1, 0.15) is 0 Å².